The molecule has 5 heteroatoms. The molecule has 1 saturated heterocycles. The number of nitrogens with zero attached hydrogens (tertiary/aromatic N) is 2. The lowest BCUT2D eigenvalue weighted by Gasteiger charge is -2.31. The lowest BCUT2D eigenvalue weighted by atomic mass is 10.1. The average Bonchev–Trinajstić information content (AvgIpc) is 2.81. The van der Waals surface area contributed by atoms with Gasteiger partial charge in [-0.15, -0.1) is 0 Å². The smallest absolute Gasteiger partial charge is 0.110 e. The standard InChI is InChI=1S/C13H23N3O2/c1-3-4-14-11(12-10-17-7-8-18-12)9-13-15-5-6-16(13)2/h5-6,11-12,14H,3-4,7-10H2,1-2H3. The minimum atomic E-state index is 0.127. The van der Waals surface area contributed by atoms with E-state index in [1.165, 1.54) is 0 Å². The normalized spacial score (nSPS) is 22.0. The number of imidazole rings is 1. The number of nitrogens with one attached hydrogen (secondary N) is 1. The maximum atomic E-state index is 5.80. The van der Waals surface area contributed by atoms with E-state index in [0.717, 1.165) is 25.2 Å². The van der Waals surface area contributed by atoms with Crippen molar-refractivity contribution in [3.63, 3.8) is 0 Å². The van der Waals surface area contributed by atoms with Gasteiger partial charge in [-0.25, -0.2) is 4.98 Å². The van der Waals surface area contributed by atoms with Crippen molar-refractivity contribution < 1.29 is 9.47 Å². The summed E-state index contributed by atoms with van der Waals surface area (Å²) in [5.74, 6) is 1.08. The molecule has 5 nitrogen and oxygen atoms in total. The van der Waals surface area contributed by atoms with Crippen molar-refractivity contribution >= 4 is 0 Å². The quantitative estimate of drug-likeness (QED) is 0.812. The van der Waals surface area contributed by atoms with E-state index in [1.54, 1.807) is 0 Å². The van der Waals surface area contributed by atoms with Crippen molar-refractivity contribution in [2.24, 2.45) is 7.05 Å². The van der Waals surface area contributed by atoms with Crippen LogP contribution in [0.2, 0.25) is 0 Å². The monoisotopic (exact) mass is 253 g/mol. The summed E-state index contributed by atoms with van der Waals surface area (Å²) in [5, 5.41) is 3.55. The molecular formula is C13H23N3O2. The van der Waals surface area contributed by atoms with Crippen molar-refractivity contribution in [3.05, 3.63) is 18.2 Å². The number of hydrogen-bond donors (Lipinski definition) is 1. The first-order valence-corrected chi connectivity index (χ1v) is 6.70. The van der Waals surface area contributed by atoms with Gasteiger partial charge in [0.25, 0.3) is 0 Å². The van der Waals surface area contributed by atoms with Crippen LogP contribution in [0.5, 0.6) is 0 Å². The fourth-order valence-corrected chi connectivity index (χ4v) is 2.19. The first kappa shape index (κ1) is 13.5. The third kappa shape index (κ3) is 3.54. The van der Waals surface area contributed by atoms with E-state index in [0.29, 0.717) is 19.8 Å². The highest BCUT2D eigenvalue weighted by molar-refractivity contribution is 4.97. The largest absolute Gasteiger partial charge is 0.376 e. The molecule has 0 aliphatic carbocycles. The summed E-state index contributed by atoms with van der Waals surface area (Å²) in [7, 11) is 2.03. The molecule has 1 N–H and O–H groups in total. The summed E-state index contributed by atoms with van der Waals surface area (Å²) >= 11 is 0. The molecule has 0 amide bonds. The van der Waals surface area contributed by atoms with Crippen LogP contribution in [0.4, 0.5) is 0 Å². The van der Waals surface area contributed by atoms with Gasteiger partial charge in [0, 0.05) is 31.9 Å². The van der Waals surface area contributed by atoms with Crippen LogP contribution in [0.1, 0.15) is 19.2 Å². The van der Waals surface area contributed by atoms with Crippen LogP contribution in [0.15, 0.2) is 12.4 Å². The SMILES string of the molecule is CCCNC(Cc1nccn1C)C1COCCO1. The van der Waals surface area contributed by atoms with Gasteiger partial charge in [0.15, 0.2) is 0 Å². The van der Waals surface area contributed by atoms with Crippen LogP contribution in [0, 0.1) is 0 Å². The van der Waals surface area contributed by atoms with Gasteiger partial charge in [-0.2, -0.15) is 0 Å². The van der Waals surface area contributed by atoms with Gasteiger partial charge in [0.2, 0.25) is 0 Å². The Morgan fingerprint density at radius 2 is 2.44 bits per heavy atom. The lowest BCUT2D eigenvalue weighted by Crippen LogP contribution is -2.48. The first-order valence-electron chi connectivity index (χ1n) is 6.70. The summed E-state index contributed by atoms with van der Waals surface area (Å²) in [6.07, 6.45) is 5.93. The van der Waals surface area contributed by atoms with Crippen LogP contribution in [-0.2, 0) is 22.9 Å². The van der Waals surface area contributed by atoms with Crippen molar-refractivity contribution in [1.29, 1.82) is 0 Å². The number of ether oxygens (including phenoxy) is 2. The van der Waals surface area contributed by atoms with E-state index in [4.69, 9.17) is 9.47 Å². The summed E-state index contributed by atoms with van der Waals surface area (Å²) in [6.45, 7) is 5.23. The zero-order valence-electron chi connectivity index (χ0n) is 11.3. The zero-order chi connectivity index (χ0) is 12.8. The van der Waals surface area contributed by atoms with Gasteiger partial charge in [0.05, 0.1) is 25.9 Å². The fourth-order valence-electron chi connectivity index (χ4n) is 2.19. The average molecular weight is 253 g/mol. The molecule has 18 heavy (non-hydrogen) atoms. The molecule has 1 aliphatic rings. The molecule has 2 unspecified atom stereocenters. The maximum absolute atomic E-state index is 5.80. The second-order valence-corrected chi connectivity index (χ2v) is 4.70. The predicted octanol–water partition coefficient (Wildman–Crippen LogP) is 0.746. The Morgan fingerprint density at radius 3 is 3.06 bits per heavy atom. The third-order valence-electron chi connectivity index (χ3n) is 3.27. The van der Waals surface area contributed by atoms with Crippen LogP contribution < -0.4 is 5.32 Å². The van der Waals surface area contributed by atoms with Crippen LogP contribution in [0.3, 0.4) is 0 Å². The van der Waals surface area contributed by atoms with E-state index >= 15 is 0 Å². The minimum absolute atomic E-state index is 0.127. The van der Waals surface area contributed by atoms with Gasteiger partial charge < -0.3 is 19.4 Å². The molecule has 0 saturated carbocycles. The van der Waals surface area contributed by atoms with Crippen molar-refractivity contribution in [3.8, 4) is 0 Å². The number of rotatable bonds is 6. The molecule has 1 fully saturated rings. The van der Waals surface area contributed by atoms with Gasteiger partial charge in [-0.1, -0.05) is 6.92 Å². The van der Waals surface area contributed by atoms with Crippen LogP contribution in [-0.4, -0.2) is 48.1 Å². The molecule has 1 aromatic rings. The Hall–Kier alpha value is -0.910. The highest BCUT2D eigenvalue weighted by Crippen LogP contribution is 2.11. The van der Waals surface area contributed by atoms with E-state index < -0.39 is 0 Å². The Morgan fingerprint density at radius 1 is 1.56 bits per heavy atom. The van der Waals surface area contributed by atoms with E-state index in [9.17, 15) is 0 Å². The molecule has 2 rings (SSSR count). The van der Waals surface area contributed by atoms with Crippen LogP contribution in [0.25, 0.3) is 0 Å². The van der Waals surface area contributed by atoms with Gasteiger partial charge in [0.1, 0.15) is 5.82 Å². The van der Waals surface area contributed by atoms with Gasteiger partial charge >= 0.3 is 0 Å². The molecule has 0 radical (unpaired) electrons. The maximum Gasteiger partial charge on any atom is 0.110 e. The highest BCUT2D eigenvalue weighted by atomic mass is 16.6. The molecular weight excluding hydrogens is 230 g/mol. The van der Waals surface area contributed by atoms with E-state index in [-0.39, 0.29) is 12.1 Å². The number of aryl methyl sites for hydroxylation is 1. The topological polar surface area (TPSA) is 48.3 Å². The Bertz CT molecular complexity index is 348. The second-order valence-electron chi connectivity index (χ2n) is 4.70. The molecule has 2 heterocycles. The Labute approximate surface area is 108 Å². The van der Waals surface area contributed by atoms with Crippen molar-refractivity contribution in [2.45, 2.75) is 31.9 Å². The number of hydrogen-bond acceptors (Lipinski definition) is 4. The van der Waals surface area contributed by atoms with E-state index in [1.807, 2.05) is 19.4 Å². The summed E-state index contributed by atoms with van der Waals surface area (Å²) in [6, 6.07) is 0.270. The number of aromatic nitrogens is 2. The molecule has 0 aromatic carbocycles. The third-order valence-corrected chi connectivity index (χ3v) is 3.27. The summed E-state index contributed by atoms with van der Waals surface area (Å²) in [4.78, 5) is 4.39. The molecule has 0 bridgehead atoms. The molecule has 1 aliphatic heterocycles. The first-order chi connectivity index (χ1) is 8.81. The predicted molar refractivity (Wildman–Crippen MR) is 69.6 cm³/mol. The van der Waals surface area contributed by atoms with Crippen molar-refractivity contribution in [2.75, 3.05) is 26.4 Å². The molecule has 2 atom stereocenters. The van der Waals surface area contributed by atoms with Crippen molar-refractivity contribution in [1.82, 2.24) is 14.9 Å². The highest BCUT2D eigenvalue weighted by Gasteiger charge is 2.25. The summed E-state index contributed by atoms with van der Waals surface area (Å²) in [5.41, 5.74) is 0. The molecule has 1 aromatic heterocycles. The van der Waals surface area contributed by atoms with Gasteiger partial charge in [-0.3, -0.25) is 0 Å². The van der Waals surface area contributed by atoms with Crippen LogP contribution >= 0.6 is 0 Å². The zero-order valence-corrected chi connectivity index (χ0v) is 11.3. The summed E-state index contributed by atoms with van der Waals surface area (Å²) < 4.78 is 13.4. The minimum Gasteiger partial charge on any atom is -0.376 e. The Balaban J connectivity index is 1.97. The molecule has 102 valence electrons. The fraction of sp³-hybridized carbons (Fsp3) is 0.769. The Kier molecular flexibility index (Phi) is 5.16. The lowest BCUT2D eigenvalue weighted by molar-refractivity contribution is -0.101. The van der Waals surface area contributed by atoms with E-state index in [2.05, 4.69) is 21.8 Å². The van der Waals surface area contributed by atoms with Gasteiger partial charge in [-0.05, 0) is 13.0 Å². The molecule has 0 spiro atoms. The second kappa shape index (κ2) is 6.87.